The monoisotopic (exact) mass is 355 g/mol. The van der Waals surface area contributed by atoms with Gasteiger partial charge < -0.3 is 16.0 Å². The molecule has 1 aromatic rings. The van der Waals surface area contributed by atoms with Gasteiger partial charge in [-0.15, -0.1) is 0 Å². The Morgan fingerprint density at radius 3 is 2.38 bits per heavy atom. The van der Waals surface area contributed by atoms with Gasteiger partial charge in [-0.3, -0.25) is 4.79 Å². The van der Waals surface area contributed by atoms with Gasteiger partial charge in [-0.05, 0) is 38.2 Å². The Labute approximate surface area is 136 Å². The predicted octanol–water partition coefficient (Wildman–Crippen LogP) is 3.13. The fraction of sp³-hybridized carbons (Fsp3) is 0.562. The first-order valence-corrected chi connectivity index (χ1v) is 8.19. The lowest BCUT2D eigenvalue weighted by molar-refractivity contribution is 0.0929. The van der Waals surface area contributed by atoms with Gasteiger partial charge >= 0.3 is 0 Å². The number of nitrogens with two attached hydrogens (primary N) is 1. The largest absolute Gasteiger partial charge is 0.399 e. The average Bonchev–Trinajstić information content (AvgIpc) is 2.41. The summed E-state index contributed by atoms with van der Waals surface area (Å²) in [6.45, 7) is 5.04. The van der Waals surface area contributed by atoms with E-state index >= 15 is 0 Å². The van der Waals surface area contributed by atoms with E-state index in [0.29, 0.717) is 29.8 Å². The van der Waals surface area contributed by atoms with Crippen LogP contribution in [0.25, 0.3) is 0 Å². The lowest BCUT2D eigenvalue weighted by Gasteiger charge is -2.31. The van der Waals surface area contributed by atoms with Crippen molar-refractivity contribution < 1.29 is 4.79 Å². The first kappa shape index (κ1) is 18.0. The van der Waals surface area contributed by atoms with Gasteiger partial charge in [-0.1, -0.05) is 42.6 Å². The van der Waals surface area contributed by atoms with Crippen LogP contribution in [0.1, 0.15) is 37.0 Å². The first-order chi connectivity index (χ1) is 9.88. The van der Waals surface area contributed by atoms with Crippen LogP contribution in [-0.2, 0) is 0 Å². The molecule has 0 bridgehead atoms. The summed E-state index contributed by atoms with van der Waals surface area (Å²) < 4.78 is 0.816. The van der Waals surface area contributed by atoms with E-state index in [4.69, 9.17) is 5.73 Å². The Balaban J connectivity index is 2.73. The number of hydrogen-bond donors (Lipinski definition) is 2. The molecule has 1 amide bonds. The second kappa shape index (κ2) is 8.39. The normalized spacial score (nSPS) is 12.7. The molecule has 0 heterocycles. The summed E-state index contributed by atoms with van der Waals surface area (Å²) in [6.07, 6.45) is 2.22. The molecule has 5 heteroatoms. The summed E-state index contributed by atoms with van der Waals surface area (Å²) in [6, 6.07) is 5.60. The van der Waals surface area contributed by atoms with E-state index in [-0.39, 0.29) is 5.91 Å². The topological polar surface area (TPSA) is 58.4 Å². The van der Waals surface area contributed by atoms with Crippen LogP contribution in [0.5, 0.6) is 0 Å². The Bertz CT molecular complexity index is 452. The van der Waals surface area contributed by atoms with Crippen molar-refractivity contribution >= 4 is 27.5 Å². The smallest absolute Gasteiger partial charge is 0.251 e. The van der Waals surface area contributed by atoms with Crippen molar-refractivity contribution in [3.63, 3.8) is 0 Å². The van der Waals surface area contributed by atoms with Gasteiger partial charge in [0.15, 0.2) is 0 Å². The number of amides is 1. The number of halogens is 1. The van der Waals surface area contributed by atoms with Crippen LogP contribution in [0.2, 0.25) is 0 Å². The average molecular weight is 356 g/mol. The molecule has 1 atom stereocenters. The van der Waals surface area contributed by atoms with Crippen molar-refractivity contribution in [3.8, 4) is 0 Å². The van der Waals surface area contributed by atoms with Crippen molar-refractivity contribution in [3.05, 3.63) is 28.2 Å². The van der Waals surface area contributed by atoms with Gasteiger partial charge in [-0.2, -0.15) is 0 Å². The van der Waals surface area contributed by atoms with E-state index in [1.165, 1.54) is 0 Å². The number of anilines is 1. The van der Waals surface area contributed by atoms with Crippen molar-refractivity contribution in [2.75, 3.05) is 26.4 Å². The van der Waals surface area contributed by atoms with Crippen LogP contribution in [0.15, 0.2) is 22.7 Å². The van der Waals surface area contributed by atoms with E-state index in [1.54, 1.807) is 18.2 Å². The van der Waals surface area contributed by atoms with Gasteiger partial charge in [0, 0.05) is 28.3 Å². The molecule has 0 aliphatic carbocycles. The van der Waals surface area contributed by atoms with E-state index in [2.05, 4.69) is 54.1 Å². The van der Waals surface area contributed by atoms with Crippen molar-refractivity contribution in [2.45, 2.75) is 32.7 Å². The third kappa shape index (κ3) is 5.32. The molecular weight excluding hydrogens is 330 g/mol. The summed E-state index contributed by atoms with van der Waals surface area (Å²) in [4.78, 5) is 14.5. The number of nitrogens with zero attached hydrogens (tertiary/aromatic N) is 1. The fourth-order valence-electron chi connectivity index (χ4n) is 2.65. The lowest BCUT2D eigenvalue weighted by atomic mass is 9.93. The number of carbonyl (C=O) groups excluding carboxylic acids is 1. The van der Waals surface area contributed by atoms with Crippen molar-refractivity contribution in [1.82, 2.24) is 10.2 Å². The van der Waals surface area contributed by atoms with Gasteiger partial charge in [0.05, 0.1) is 0 Å². The van der Waals surface area contributed by atoms with Crippen LogP contribution < -0.4 is 11.1 Å². The number of rotatable bonds is 7. The van der Waals surface area contributed by atoms with E-state index in [9.17, 15) is 4.79 Å². The van der Waals surface area contributed by atoms with Crippen LogP contribution in [-0.4, -0.2) is 37.5 Å². The van der Waals surface area contributed by atoms with Crippen molar-refractivity contribution in [2.24, 2.45) is 5.92 Å². The molecule has 1 aromatic carbocycles. The van der Waals surface area contributed by atoms with Crippen LogP contribution in [0, 0.1) is 5.92 Å². The summed E-state index contributed by atoms with van der Waals surface area (Å²) in [7, 11) is 4.12. The second-order valence-corrected chi connectivity index (χ2v) is 6.51. The minimum atomic E-state index is -0.0826. The SMILES string of the molecule is CCC(CC)C(CNC(=O)c1cc(N)cc(Br)c1)N(C)C. The number of likely N-dealkylation sites (N-methyl/N-ethyl adjacent to an activating group) is 1. The highest BCUT2D eigenvalue weighted by Crippen LogP contribution is 2.18. The predicted molar refractivity (Wildman–Crippen MR) is 92.4 cm³/mol. The van der Waals surface area contributed by atoms with E-state index in [1.807, 2.05) is 0 Å². The molecular formula is C16H26BrN3O. The molecule has 1 rings (SSSR count). The summed E-state index contributed by atoms with van der Waals surface area (Å²) in [5.74, 6) is 0.494. The number of nitrogens with one attached hydrogen (secondary N) is 1. The molecule has 21 heavy (non-hydrogen) atoms. The fourth-order valence-corrected chi connectivity index (χ4v) is 3.16. The quantitative estimate of drug-likeness (QED) is 0.738. The molecule has 0 saturated heterocycles. The number of benzene rings is 1. The Morgan fingerprint density at radius 2 is 1.90 bits per heavy atom. The molecule has 0 spiro atoms. The zero-order valence-corrected chi connectivity index (χ0v) is 14.9. The molecule has 4 nitrogen and oxygen atoms in total. The molecule has 118 valence electrons. The minimum Gasteiger partial charge on any atom is -0.399 e. The Kier molecular flexibility index (Phi) is 7.18. The highest BCUT2D eigenvalue weighted by Gasteiger charge is 2.21. The van der Waals surface area contributed by atoms with E-state index < -0.39 is 0 Å². The maximum absolute atomic E-state index is 12.3. The molecule has 0 aliphatic heterocycles. The van der Waals surface area contributed by atoms with Crippen LogP contribution in [0.3, 0.4) is 0 Å². The summed E-state index contributed by atoms with van der Waals surface area (Å²) in [5, 5.41) is 3.03. The number of carbonyl (C=O) groups is 1. The maximum Gasteiger partial charge on any atom is 0.251 e. The zero-order valence-electron chi connectivity index (χ0n) is 13.3. The molecule has 0 aromatic heterocycles. The molecule has 3 N–H and O–H groups in total. The molecule has 0 radical (unpaired) electrons. The van der Waals surface area contributed by atoms with Gasteiger partial charge in [0.1, 0.15) is 0 Å². The highest BCUT2D eigenvalue weighted by molar-refractivity contribution is 9.10. The standard InChI is InChI=1S/C16H26BrN3O/c1-5-11(6-2)15(20(3)4)10-19-16(21)12-7-13(17)9-14(18)8-12/h7-9,11,15H,5-6,10,18H2,1-4H3,(H,19,21). The maximum atomic E-state index is 12.3. The Hall–Kier alpha value is -1.07. The third-order valence-electron chi connectivity index (χ3n) is 3.91. The van der Waals surface area contributed by atoms with Crippen LogP contribution >= 0.6 is 15.9 Å². The zero-order chi connectivity index (χ0) is 16.0. The van der Waals surface area contributed by atoms with Crippen LogP contribution in [0.4, 0.5) is 5.69 Å². The second-order valence-electron chi connectivity index (χ2n) is 5.59. The molecule has 1 unspecified atom stereocenters. The lowest BCUT2D eigenvalue weighted by Crippen LogP contribution is -2.44. The summed E-state index contributed by atoms with van der Waals surface area (Å²) in [5.41, 5.74) is 6.94. The first-order valence-electron chi connectivity index (χ1n) is 7.39. The van der Waals surface area contributed by atoms with Gasteiger partial charge in [0.2, 0.25) is 0 Å². The molecule has 0 saturated carbocycles. The van der Waals surface area contributed by atoms with Gasteiger partial charge in [0.25, 0.3) is 5.91 Å². The van der Waals surface area contributed by atoms with Gasteiger partial charge in [-0.25, -0.2) is 0 Å². The number of hydrogen-bond acceptors (Lipinski definition) is 3. The highest BCUT2D eigenvalue weighted by atomic mass is 79.9. The summed E-state index contributed by atoms with van der Waals surface area (Å²) >= 11 is 3.36. The Morgan fingerprint density at radius 1 is 1.29 bits per heavy atom. The molecule has 0 fully saturated rings. The third-order valence-corrected chi connectivity index (χ3v) is 4.37. The van der Waals surface area contributed by atoms with Crippen molar-refractivity contribution in [1.29, 1.82) is 0 Å². The number of nitrogen functional groups attached to an aromatic ring is 1. The van der Waals surface area contributed by atoms with E-state index in [0.717, 1.165) is 17.3 Å². The minimum absolute atomic E-state index is 0.0826. The molecule has 0 aliphatic rings.